The molecule has 2 aromatic heterocycles. The lowest BCUT2D eigenvalue weighted by Crippen LogP contribution is -2.11. The summed E-state index contributed by atoms with van der Waals surface area (Å²) >= 11 is 7.18. The van der Waals surface area contributed by atoms with E-state index in [-0.39, 0.29) is 5.56 Å². The predicted octanol–water partition coefficient (Wildman–Crippen LogP) is 3.82. The fourth-order valence-corrected chi connectivity index (χ4v) is 3.28. The van der Waals surface area contributed by atoms with Gasteiger partial charge in [0.05, 0.1) is 5.39 Å². The number of halogens is 1. The van der Waals surface area contributed by atoms with Gasteiger partial charge in [0.15, 0.2) is 0 Å². The fourth-order valence-electron chi connectivity index (χ4n) is 2.18. The van der Waals surface area contributed by atoms with Crippen LogP contribution in [0.1, 0.15) is 12.2 Å². The molecule has 102 valence electrons. The van der Waals surface area contributed by atoms with Crippen molar-refractivity contribution < 1.29 is 0 Å². The standard InChI is InChI=1S/C15H13ClN2OS/c16-8-4-7-12-17-14(19)13-11(9-20-15(13)18-12)10-5-2-1-3-6-10/h1-3,5-6,9H,4,7-8H2,(H,17,18,19). The highest BCUT2D eigenvalue weighted by Crippen LogP contribution is 2.30. The van der Waals surface area contributed by atoms with E-state index in [0.717, 1.165) is 22.4 Å². The van der Waals surface area contributed by atoms with Crippen LogP contribution in [0.2, 0.25) is 0 Å². The average Bonchev–Trinajstić information content (AvgIpc) is 2.90. The van der Waals surface area contributed by atoms with E-state index in [4.69, 9.17) is 11.6 Å². The zero-order valence-electron chi connectivity index (χ0n) is 10.7. The van der Waals surface area contributed by atoms with Gasteiger partial charge in [-0.25, -0.2) is 4.98 Å². The van der Waals surface area contributed by atoms with Crippen LogP contribution in [-0.4, -0.2) is 15.8 Å². The van der Waals surface area contributed by atoms with Crippen molar-refractivity contribution in [3.63, 3.8) is 0 Å². The number of hydrogen-bond donors (Lipinski definition) is 1. The molecule has 1 aromatic carbocycles. The van der Waals surface area contributed by atoms with Crippen molar-refractivity contribution in [3.8, 4) is 11.1 Å². The Labute approximate surface area is 125 Å². The smallest absolute Gasteiger partial charge is 0.260 e. The maximum atomic E-state index is 12.3. The van der Waals surface area contributed by atoms with E-state index in [9.17, 15) is 4.79 Å². The third kappa shape index (κ3) is 2.49. The van der Waals surface area contributed by atoms with E-state index in [0.29, 0.717) is 23.5 Å². The summed E-state index contributed by atoms with van der Waals surface area (Å²) in [6, 6.07) is 9.90. The van der Waals surface area contributed by atoms with E-state index in [1.807, 2.05) is 35.7 Å². The summed E-state index contributed by atoms with van der Waals surface area (Å²) in [5.41, 5.74) is 1.92. The fraction of sp³-hybridized carbons (Fsp3) is 0.200. The molecule has 0 spiro atoms. The van der Waals surface area contributed by atoms with Gasteiger partial charge in [0.25, 0.3) is 5.56 Å². The molecule has 0 aliphatic rings. The molecule has 0 aliphatic carbocycles. The van der Waals surface area contributed by atoms with Crippen molar-refractivity contribution in [2.45, 2.75) is 12.8 Å². The van der Waals surface area contributed by atoms with Gasteiger partial charge in [-0.3, -0.25) is 4.79 Å². The molecule has 0 bridgehead atoms. The first-order chi connectivity index (χ1) is 9.79. The Morgan fingerprint density at radius 3 is 2.80 bits per heavy atom. The number of aromatic nitrogens is 2. The molecule has 3 nitrogen and oxygen atoms in total. The van der Waals surface area contributed by atoms with E-state index in [2.05, 4.69) is 9.97 Å². The monoisotopic (exact) mass is 304 g/mol. The molecule has 5 heteroatoms. The van der Waals surface area contributed by atoms with Gasteiger partial charge in [-0.05, 0) is 12.0 Å². The maximum Gasteiger partial charge on any atom is 0.260 e. The van der Waals surface area contributed by atoms with Gasteiger partial charge in [0, 0.05) is 23.2 Å². The normalized spacial score (nSPS) is 11.1. The van der Waals surface area contributed by atoms with Gasteiger partial charge in [-0.15, -0.1) is 22.9 Å². The molecule has 0 unspecified atom stereocenters. The minimum absolute atomic E-state index is 0.0697. The molecular weight excluding hydrogens is 292 g/mol. The van der Waals surface area contributed by atoms with E-state index in [1.165, 1.54) is 11.3 Å². The Morgan fingerprint density at radius 1 is 1.25 bits per heavy atom. The summed E-state index contributed by atoms with van der Waals surface area (Å²) in [7, 11) is 0. The number of hydrogen-bond acceptors (Lipinski definition) is 3. The van der Waals surface area contributed by atoms with Crippen molar-refractivity contribution >= 4 is 33.2 Å². The number of H-pyrrole nitrogens is 1. The van der Waals surface area contributed by atoms with E-state index in [1.54, 1.807) is 0 Å². The van der Waals surface area contributed by atoms with Crippen LogP contribution in [0.4, 0.5) is 0 Å². The highest BCUT2D eigenvalue weighted by molar-refractivity contribution is 7.17. The Morgan fingerprint density at radius 2 is 2.05 bits per heavy atom. The lowest BCUT2D eigenvalue weighted by Gasteiger charge is -2.01. The first kappa shape index (κ1) is 13.3. The molecule has 3 aromatic rings. The van der Waals surface area contributed by atoms with Gasteiger partial charge in [0.1, 0.15) is 10.7 Å². The number of rotatable bonds is 4. The van der Waals surface area contributed by atoms with Gasteiger partial charge in [-0.1, -0.05) is 30.3 Å². The zero-order valence-corrected chi connectivity index (χ0v) is 12.3. The molecule has 0 atom stereocenters. The summed E-state index contributed by atoms with van der Waals surface area (Å²) in [4.78, 5) is 20.5. The Bertz CT molecular complexity index is 779. The van der Waals surface area contributed by atoms with Crippen LogP contribution in [0.5, 0.6) is 0 Å². The molecule has 0 amide bonds. The second kappa shape index (κ2) is 5.77. The van der Waals surface area contributed by atoms with Crippen LogP contribution < -0.4 is 5.56 Å². The second-order valence-electron chi connectivity index (χ2n) is 4.50. The Hall–Kier alpha value is -1.65. The molecule has 0 fully saturated rings. The number of aryl methyl sites for hydroxylation is 1. The lowest BCUT2D eigenvalue weighted by atomic mass is 10.1. The minimum atomic E-state index is -0.0697. The van der Waals surface area contributed by atoms with Crippen LogP contribution in [0.25, 0.3) is 21.3 Å². The van der Waals surface area contributed by atoms with Crippen LogP contribution in [0, 0.1) is 0 Å². The van der Waals surface area contributed by atoms with Gasteiger partial charge < -0.3 is 4.98 Å². The number of nitrogens with one attached hydrogen (secondary N) is 1. The third-order valence-corrected chi connectivity index (χ3v) is 4.26. The van der Waals surface area contributed by atoms with Crippen molar-refractivity contribution in [1.82, 2.24) is 9.97 Å². The number of thiophene rings is 1. The summed E-state index contributed by atoms with van der Waals surface area (Å²) < 4.78 is 0. The topological polar surface area (TPSA) is 45.8 Å². The quantitative estimate of drug-likeness (QED) is 0.745. The third-order valence-electron chi connectivity index (χ3n) is 3.13. The predicted molar refractivity (Wildman–Crippen MR) is 84.7 cm³/mol. The van der Waals surface area contributed by atoms with Crippen LogP contribution in [0.15, 0.2) is 40.5 Å². The number of nitrogens with zero attached hydrogens (tertiary/aromatic N) is 1. The van der Waals surface area contributed by atoms with Gasteiger partial charge >= 0.3 is 0 Å². The van der Waals surface area contributed by atoms with Crippen molar-refractivity contribution in [2.75, 3.05) is 5.88 Å². The lowest BCUT2D eigenvalue weighted by molar-refractivity contribution is 0.843. The van der Waals surface area contributed by atoms with Crippen molar-refractivity contribution in [1.29, 1.82) is 0 Å². The minimum Gasteiger partial charge on any atom is -0.310 e. The van der Waals surface area contributed by atoms with Crippen LogP contribution in [0.3, 0.4) is 0 Å². The SMILES string of the molecule is O=c1[nH]c(CCCCl)nc2scc(-c3ccccc3)c12. The summed E-state index contributed by atoms with van der Waals surface area (Å²) in [6.07, 6.45) is 1.51. The van der Waals surface area contributed by atoms with Gasteiger partial charge in [-0.2, -0.15) is 0 Å². The van der Waals surface area contributed by atoms with Gasteiger partial charge in [0.2, 0.25) is 0 Å². The second-order valence-corrected chi connectivity index (χ2v) is 5.74. The Kier molecular flexibility index (Phi) is 3.85. The molecular formula is C15H13ClN2OS. The first-order valence-corrected chi connectivity index (χ1v) is 7.83. The molecule has 2 heterocycles. The largest absolute Gasteiger partial charge is 0.310 e. The molecule has 0 saturated carbocycles. The first-order valence-electron chi connectivity index (χ1n) is 6.41. The van der Waals surface area contributed by atoms with Crippen molar-refractivity contribution in [3.05, 3.63) is 51.9 Å². The summed E-state index contributed by atoms with van der Waals surface area (Å²) in [5, 5.41) is 2.67. The molecule has 20 heavy (non-hydrogen) atoms. The highest BCUT2D eigenvalue weighted by Gasteiger charge is 2.12. The highest BCUT2D eigenvalue weighted by atomic mass is 35.5. The van der Waals surface area contributed by atoms with Crippen molar-refractivity contribution in [2.24, 2.45) is 0 Å². The Balaban J connectivity index is 2.12. The van der Waals surface area contributed by atoms with Crippen LogP contribution in [-0.2, 0) is 6.42 Å². The summed E-state index contributed by atoms with van der Waals surface area (Å²) in [5.74, 6) is 1.28. The molecule has 0 aliphatic heterocycles. The number of alkyl halides is 1. The molecule has 1 N–H and O–H groups in total. The summed E-state index contributed by atoms with van der Waals surface area (Å²) in [6.45, 7) is 0. The maximum absolute atomic E-state index is 12.3. The number of aromatic amines is 1. The number of benzene rings is 1. The van der Waals surface area contributed by atoms with E-state index < -0.39 is 0 Å². The number of fused-ring (bicyclic) bond motifs is 1. The zero-order chi connectivity index (χ0) is 13.9. The van der Waals surface area contributed by atoms with E-state index >= 15 is 0 Å². The molecule has 3 rings (SSSR count). The molecule has 0 saturated heterocycles. The van der Waals surface area contributed by atoms with Crippen LogP contribution >= 0.6 is 22.9 Å². The average molecular weight is 305 g/mol. The molecule has 0 radical (unpaired) electrons.